The van der Waals surface area contributed by atoms with E-state index in [1.165, 1.54) is 29.2 Å². The number of nitrogens with one attached hydrogen (secondary N) is 1. The average molecular weight is 488 g/mol. The van der Waals surface area contributed by atoms with E-state index in [1.807, 2.05) is 0 Å². The van der Waals surface area contributed by atoms with Gasteiger partial charge in [0.25, 0.3) is 11.8 Å². The standard InChI is InChI=1S/C22H24B2F2N2O7/c25-19-15(3-1-5-17(19)23(32)33)21(30)27-13-7-9-14(10-8-13)28(11-12-29)22(31)16-4-2-6-18(20(16)26)24(34)35/h1-6,12-14,32-35H,7-11H2,(H,27,30). The quantitative estimate of drug-likeness (QED) is 0.230. The zero-order valence-electron chi connectivity index (χ0n) is 18.6. The van der Waals surface area contributed by atoms with Crippen LogP contribution in [0.3, 0.4) is 0 Å². The van der Waals surface area contributed by atoms with Crippen molar-refractivity contribution in [3.63, 3.8) is 0 Å². The van der Waals surface area contributed by atoms with Crippen molar-refractivity contribution in [1.29, 1.82) is 0 Å². The molecule has 3 rings (SSSR count). The number of aldehydes is 1. The Labute approximate surface area is 200 Å². The van der Waals surface area contributed by atoms with Crippen LogP contribution in [-0.2, 0) is 4.79 Å². The monoisotopic (exact) mass is 488 g/mol. The zero-order chi connectivity index (χ0) is 25.7. The molecule has 9 nitrogen and oxygen atoms in total. The Morgan fingerprint density at radius 2 is 1.43 bits per heavy atom. The van der Waals surface area contributed by atoms with Gasteiger partial charge >= 0.3 is 14.2 Å². The molecule has 0 heterocycles. The van der Waals surface area contributed by atoms with Crippen molar-refractivity contribution < 1.29 is 43.3 Å². The van der Waals surface area contributed by atoms with Gasteiger partial charge in [-0.15, -0.1) is 0 Å². The van der Waals surface area contributed by atoms with Crippen LogP contribution >= 0.6 is 0 Å². The fourth-order valence-corrected chi connectivity index (χ4v) is 4.27. The number of halogens is 2. The molecule has 184 valence electrons. The topological polar surface area (TPSA) is 147 Å². The van der Waals surface area contributed by atoms with Crippen molar-refractivity contribution >= 4 is 43.3 Å². The van der Waals surface area contributed by atoms with E-state index in [9.17, 15) is 43.3 Å². The molecule has 1 saturated carbocycles. The predicted octanol–water partition coefficient (Wildman–Crippen LogP) is -1.29. The molecular weight excluding hydrogens is 464 g/mol. The molecule has 35 heavy (non-hydrogen) atoms. The SMILES string of the molecule is O=CCN(C(=O)c1cccc(B(O)O)c1F)C1CCC(NC(=O)c2cccc(B(O)O)c2F)CC1. The summed E-state index contributed by atoms with van der Waals surface area (Å²) in [6.07, 6.45) is 2.03. The first kappa shape index (κ1) is 26.5. The van der Waals surface area contributed by atoms with E-state index in [0.717, 1.165) is 12.1 Å². The molecular formula is C22H24B2F2N2O7. The second kappa shape index (κ2) is 11.5. The average Bonchev–Trinajstić information content (AvgIpc) is 2.82. The largest absolute Gasteiger partial charge is 0.491 e. The lowest BCUT2D eigenvalue weighted by Crippen LogP contribution is -2.47. The molecule has 0 saturated heterocycles. The number of nitrogens with zero attached hydrogens (tertiary/aromatic N) is 1. The van der Waals surface area contributed by atoms with Crippen molar-refractivity contribution in [2.45, 2.75) is 37.8 Å². The molecule has 0 aromatic heterocycles. The van der Waals surface area contributed by atoms with Crippen LogP contribution in [0.15, 0.2) is 36.4 Å². The molecule has 1 aliphatic rings. The Hall–Kier alpha value is -3.12. The van der Waals surface area contributed by atoms with E-state index in [-0.39, 0.29) is 18.2 Å². The van der Waals surface area contributed by atoms with Gasteiger partial charge in [-0.2, -0.15) is 0 Å². The van der Waals surface area contributed by atoms with Gasteiger partial charge in [-0.05, 0) is 37.8 Å². The van der Waals surface area contributed by atoms with E-state index in [1.54, 1.807) is 0 Å². The molecule has 2 aromatic carbocycles. The van der Waals surface area contributed by atoms with E-state index in [0.29, 0.717) is 32.0 Å². The normalized spacial score (nSPS) is 17.4. The van der Waals surface area contributed by atoms with Crippen LogP contribution in [0.4, 0.5) is 8.78 Å². The van der Waals surface area contributed by atoms with Crippen molar-refractivity contribution in [3.8, 4) is 0 Å². The van der Waals surface area contributed by atoms with Crippen molar-refractivity contribution in [1.82, 2.24) is 10.2 Å². The van der Waals surface area contributed by atoms with Crippen LogP contribution in [0.1, 0.15) is 46.4 Å². The van der Waals surface area contributed by atoms with Gasteiger partial charge in [-0.1, -0.05) is 24.3 Å². The summed E-state index contributed by atoms with van der Waals surface area (Å²) in [6, 6.07) is 6.54. The summed E-state index contributed by atoms with van der Waals surface area (Å²) in [4.78, 5) is 38.0. The Kier molecular flexibility index (Phi) is 8.73. The Bertz CT molecular complexity index is 1100. The minimum atomic E-state index is -2.10. The molecule has 5 N–H and O–H groups in total. The Morgan fingerprint density at radius 3 is 1.94 bits per heavy atom. The van der Waals surface area contributed by atoms with E-state index in [4.69, 9.17) is 0 Å². The van der Waals surface area contributed by atoms with Gasteiger partial charge in [-0.25, -0.2) is 8.78 Å². The van der Waals surface area contributed by atoms with E-state index < -0.39 is 60.2 Å². The molecule has 0 atom stereocenters. The Morgan fingerprint density at radius 1 is 0.914 bits per heavy atom. The highest BCUT2D eigenvalue weighted by Gasteiger charge is 2.32. The van der Waals surface area contributed by atoms with Crippen LogP contribution in [0, 0.1) is 11.6 Å². The van der Waals surface area contributed by atoms with Crippen LogP contribution < -0.4 is 16.2 Å². The Balaban J connectivity index is 1.68. The first-order chi connectivity index (χ1) is 16.6. The lowest BCUT2D eigenvalue weighted by Gasteiger charge is -2.36. The molecule has 2 amide bonds. The summed E-state index contributed by atoms with van der Waals surface area (Å²) in [6.45, 7) is -0.298. The lowest BCUT2D eigenvalue weighted by molar-refractivity contribution is -0.109. The number of amides is 2. The number of benzene rings is 2. The molecule has 1 aliphatic carbocycles. The molecule has 0 radical (unpaired) electrons. The van der Waals surface area contributed by atoms with Crippen LogP contribution in [0.25, 0.3) is 0 Å². The molecule has 0 aliphatic heterocycles. The summed E-state index contributed by atoms with van der Waals surface area (Å²) in [7, 11) is -4.17. The molecule has 0 spiro atoms. The summed E-state index contributed by atoms with van der Waals surface area (Å²) in [5.74, 6) is -3.61. The molecule has 13 heteroatoms. The first-order valence-corrected chi connectivity index (χ1v) is 11.0. The van der Waals surface area contributed by atoms with Crippen molar-refractivity contribution in [3.05, 3.63) is 59.2 Å². The third-order valence-corrected chi connectivity index (χ3v) is 6.09. The van der Waals surface area contributed by atoms with Crippen LogP contribution in [-0.4, -0.2) is 76.0 Å². The zero-order valence-corrected chi connectivity index (χ0v) is 18.6. The van der Waals surface area contributed by atoms with Gasteiger partial charge in [0, 0.05) is 23.0 Å². The van der Waals surface area contributed by atoms with E-state index >= 15 is 0 Å². The van der Waals surface area contributed by atoms with Crippen LogP contribution in [0.2, 0.25) is 0 Å². The maximum Gasteiger partial charge on any atom is 0.491 e. The maximum absolute atomic E-state index is 14.7. The third kappa shape index (κ3) is 5.93. The number of rotatable bonds is 8. The van der Waals surface area contributed by atoms with Gasteiger partial charge in [0.05, 0.1) is 17.7 Å². The van der Waals surface area contributed by atoms with Gasteiger partial charge in [0.1, 0.15) is 17.9 Å². The maximum atomic E-state index is 14.7. The second-order valence-corrected chi connectivity index (χ2v) is 8.27. The van der Waals surface area contributed by atoms with Crippen LogP contribution in [0.5, 0.6) is 0 Å². The molecule has 2 aromatic rings. The predicted molar refractivity (Wildman–Crippen MR) is 123 cm³/mol. The first-order valence-electron chi connectivity index (χ1n) is 11.0. The van der Waals surface area contributed by atoms with Gasteiger partial charge in [0.15, 0.2) is 0 Å². The fourth-order valence-electron chi connectivity index (χ4n) is 4.27. The minimum absolute atomic E-state index is 0.298. The number of hydrogen-bond donors (Lipinski definition) is 5. The molecule has 1 fully saturated rings. The number of carbonyl (C=O) groups excluding carboxylic acids is 3. The van der Waals surface area contributed by atoms with Gasteiger partial charge in [0.2, 0.25) is 0 Å². The summed E-state index contributed by atoms with van der Waals surface area (Å²) >= 11 is 0. The third-order valence-electron chi connectivity index (χ3n) is 6.09. The molecule has 0 bridgehead atoms. The number of carbonyl (C=O) groups is 3. The fraction of sp³-hybridized carbons (Fsp3) is 0.318. The second-order valence-electron chi connectivity index (χ2n) is 8.27. The summed E-state index contributed by atoms with van der Waals surface area (Å²) in [5.41, 5.74) is -1.61. The molecule has 0 unspecified atom stereocenters. The van der Waals surface area contributed by atoms with Crippen molar-refractivity contribution in [2.75, 3.05) is 6.54 Å². The highest BCUT2D eigenvalue weighted by atomic mass is 19.1. The van der Waals surface area contributed by atoms with Gasteiger partial charge in [-0.3, -0.25) is 9.59 Å². The lowest BCUT2D eigenvalue weighted by atomic mass is 9.78. The highest BCUT2D eigenvalue weighted by molar-refractivity contribution is 6.59. The summed E-state index contributed by atoms with van der Waals surface area (Å²) < 4.78 is 29.1. The minimum Gasteiger partial charge on any atom is -0.423 e. The van der Waals surface area contributed by atoms with Crippen molar-refractivity contribution in [2.24, 2.45) is 0 Å². The smallest absolute Gasteiger partial charge is 0.423 e. The van der Waals surface area contributed by atoms with E-state index in [2.05, 4.69) is 5.32 Å². The van der Waals surface area contributed by atoms with Gasteiger partial charge < -0.3 is 35.1 Å². The summed E-state index contributed by atoms with van der Waals surface area (Å²) in [5, 5.41) is 39.7. The highest BCUT2D eigenvalue weighted by Crippen LogP contribution is 2.25. The number of hydrogen-bond acceptors (Lipinski definition) is 7.